The molecule has 0 bridgehead atoms. The average molecular weight is 942 g/mol. The Morgan fingerprint density at radius 3 is 1.69 bits per heavy atom. The van der Waals surface area contributed by atoms with Crippen LogP contribution < -0.4 is 26.2 Å². The molecule has 0 aliphatic carbocycles. The standard InChI is InChI=1S/C42H54N6O5.C6H13NO.C3H8.C2H4O2/c1-27-23-25-46(5)38(27)40(51)45-32-17-11-29(12-18-32)35-22-21-34(48(35)33-19-13-30(14-20-33)42(2,3)4)28-9-15-31(16-10-28)44-39(50)36-8-7-24-47(36)37(49)26-43-41(52)53-6;1-5(2)6(4-8)7-3;1-3-2;1-4-2-3/h9-20,27,34-36,38H,7-8,21-26H2,1-6H3,(H,43,52)(H,44,50)(H,45,51);4-7H,1-3H3;3H2,1-2H3;2H,1H3/t27?,34?,35-,36?,38-;;;/m0.../s1. The van der Waals surface area contributed by atoms with Gasteiger partial charge in [0.1, 0.15) is 18.9 Å². The fraction of sp³-hybridized carbons (Fsp3) is 0.547. The van der Waals surface area contributed by atoms with Crippen molar-refractivity contribution in [3.63, 3.8) is 0 Å². The van der Waals surface area contributed by atoms with Crippen LogP contribution in [0.3, 0.4) is 0 Å². The van der Waals surface area contributed by atoms with Crippen molar-refractivity contribution in [3.05, 3.63) is 89.5 Å². The Labute approximate surface area is 405 Å². The molecule has 0 saturated carbocycles. The van der Waals surface area contributed by atoms with Crippen LogP contribution in [0.4, 0.5) is 21.9 Å². The van der Waals surface area contributed by atoms with E-state index in [9.17, 15) is 24.0 Å². The molecular formula is C53H79N7O8. The molecule has 0 radical (unpaired) electrons. The highest BCUT2D eigenvalue weighted by Crippen LogP contribution is 2.47. The number of hydrogen-bond donors (Lipinski definition) is 4. The molecule has 0 aromatic heterocycles. The zero-order valence-corrected chi connectivity index (χ0v) is 42.6. The summed E-state index contributed by atoms with van der Waals surface area (Å²) < 4.78 is 8.42. The first-order chi connectivity index (χ1) is 32.4. The van der Waals surface area contributed by atoms with Crippen molar-refractivity contribution >= 4 is 53.6 Å². The van der Waals surface area contributed by atoms with Crippen LogP contribution in [0.1, 0.15) is 123 Å². The summed E-state index contributed by atoms with van der Waals surface area (Å²) in [5.41, 5.74) is 6.27. The summed E-state index contributed by atoms with van der Waals surface area (Å²) in [5, 5.41) is 11.5. The number of ether oxygens (including phenoxy) is 2. The van der Waals surface area contributed by atoms with E-state index in [1.165, 1.54) is 36.7 Å². The Morgan fingerprint density at radius 2 is 1.29 bits per heavy atom. The van der Waals surface area contributed by atoms with Crippen LogP contribution in [0.2, 0.25) is 0 Å². The first kappa shape index (κ1) is 56.5. The lowest BCUT2D eigenvalue weighted by molar-refractivity contribution is -0.135. The lowest BCUT2D eigenvalue weighted by atomic mass is 9.87. The molecule has 374 valence electrons. The van der Waals surface area contributed by atoms with Crippen molar-refractivity contribution in [2.24, 2.45) is 11.8 Å². The van der Waals surface area contributed by atoms with Crippen LogP contribution in [0.15, 0.2) is 72.8 Å². The number of anilines is 3. The Hall–Kier alpha value is -5.80. The van der Waals surface area contributed by atoms with Crippen molar-refractivity contribution in [1.82, 2.24) is 20.4 Å². The number of nitrogens with one attached hydrogen (secondary N) is 4. The highest BCUT2D eigenvalue weighted by molar-refractivity contribution is 5.98. The van der Waals surface area contributed by atoms with Crippen LogP contribution in [-0.4, -0.2) is 112 Å². The first-order valence-corrected chi connectivity index (χ1v) is 24.0. The number of aldehydes is 1. The number of nitrogens with zero attached hydrogens (tertiary/aromatic N) is 3. The number of benzene rings is 3. The van der Waals surface area contributed by atoms with Gasteiger partial charge in [-0.05, 0) is 123 Å². The Bertz CT molecular complexity index is 2030. The van der Waals surface area contributed by atoms with Crippen LogP contribution >= 0.6 is 0 Å². The number of hydrogen-bond acceptors (Lipinski definition) is 11. The Morgan fingerprint density at radius 1 is 0.779 bits per heavy atom. The molecule has 3 aliphatic rings. The third-order valence-electron chi connectivity index (χ3n) is 12.5. The van der Waals surface area contributed by atoms with Gasteiger partial charge in [-0.3, -0.25) is 24.1 Å². The number of carbonyl (C=O) groups is 6. The van der Waals surface area contributed by atoms with Gasteiger partial charge < -0.3 is 45.3 Å². The number of rotatable bonds is 13. The van der Waals surface area contributed by atoms with Gasteiger partial charge in [-0.15, -0.1) is 0 Å². The van der Waals surface area contributed by atoms with Gasteiger partial charge in [0.05, 0.1) is 38.4 Å². The van der Waals surface area contributed by atoms with Crippen LogP contribution in [0.5, 0.6) is 0 Å². The molecule has 6 atom stereocenters. The summed E-state index contributed by atoms with van der Waals surface area (Å²) in [6.07, 6.45) is 5.70. The molecule has 15 heteroatoms. The van der Waals surface area contributed by atoms with Crippen molar-refractivity contribution in [1.29, 1.82) is 0 Å². The third-order valence-corrected chi connectivity index (χ3v) is 12.5. The van der Waals surface area contributed by atoms with Gasteiger partial charge in [-0.2, -0.15) is 0 Å². The van der Waals surface area contributed by atoms with E-state index in [4.69, 9.17) is 4.79 Å². The molecule has 4 N–H and O–H groups in total. The van der Waals surface area contributed by atoms with Gasteiger partial charge in [0.15, 0.2) is 0 Å². The number of carbonyl (C=O) groups excluding carboxylic acids is 6. The minimum atomic E-state index is -0.687. The zero-order chi connectivity index (χ0) is 50.6. The van der Waals surface area contributed by atoms with E-state index >= 15 is 0 Å². The largest absolute Gasteiger partial charge is 0.471 e. The molecule has 3 aliphatic heterocycles. The number of likely N-dealkylation sites (tertiary alicyclic amines) is 2. The Balaban J connectivity index is 0.000000711. The summed E-state index contributed by atoms with van der Waals surface area (Å²) in [5.74, 6) is 0.217. The number of likely N-dealkylation sites (N-methyl/N-ethyl adjacent to an activating group) is 2. The van der Waals surface area contributed by atoms with Crippen LogP contribution in [0, 0.1) is 11.8 Å². The lowest BCUT2D eigenvalue weighted by Gasteiger charge is -2.34. The summed E-state index contributed by atoms with van der Waals surface area (Å²) in [6.45, 7) is 18.6. The molecule has 3 aromatic rings. The maximum Gasteiger partial charge on any atom is 0.407 e. The summed E-state index contributed by atoms with van der Waals surface area (Å²) in [6, 6.07) is 24.8. The number of amides is 4. The van der Waals surface area contributed by atoms with E-state index in [1.807, 2.05) is 45.2 Å². The van der Waals surface area contributed by atoms with Gasteiger partial charge in [-0.1, -0.05) is 98.2 Å². The molecule has 3 saturated heterocycles. The van der Waals surface area contributed by atoms with E-state index in [-0.39, 0.29) is 53.8 Å². The minimum absolute atomic E-state index is 0.0231. The summed E-state index contributed by atoms with van der Waals surface area (Å²) in [4.78, 5) is 75.9. The monoisotopic (exact) mass is 942 g/mol. The van der Waals surface area contributed by atoms with Crippen molar-refractivity contribution < 1.29 is 38.2 Å². The second-order valence-corrected chi connectivity index (χ2v) is 19.1. The van der Waals surface area contributed by atoms with E-state index < -0.39 is 12.1 Å². The zero-order valence-electron chi connectivity index (χ0n) is 42.6. The molecule has 0 spiro atoms. The molecule has 3 heterocycles. The maximum atomic E-state index is 13.3. The third kappa shape index (κ3) is 16.2. The lowest BCUT2D eigenvalue weighted by Crippen LogP contribution is -2.47. The predicted molar refractivity (Wildman–Crippen MR) is 271 cm³/mol. The predicted octanol–water partition coefficient (Wildman–Crippen LogP) is 8.27. The SMILES string of the molecule is CCC.CNC(C=O)C(C)C.COC(=O)NCC(=O)N1CCCC1C(=O)Nc1ccc(C2CC[C@@H](c3ccc(NC(=O)[C@@H]4C(C)CCN4C)cc3)N2c2ccc(C(C)(C)C)cc2)cc1.COC=O. The number of methoxy groups -OCH3 is 2. The molecular weight excluding hydrogens is 863 g/mol. The minimum Gasteiger partial charge on any atom is -0.471 e. The van der Waals surface area contributed by atoms with E-state index in [2.05, 4.69) is 131 Å². The van der Waals surface area contributed by atoms with Gasteiger partial charge in [-0.25, -0.2) is 4.79 Å². The molecule has 3 fully saturated rings. The molecule has 4 unspecified atom stereocenters. The average Bonchev–Trinajstić information content (AvgIpc) is 4.08. The van der Waals surface area contributed by atoms with E-state index in [0.29, 0.717) is 43.4 Å². The fourth-order valence-corrected chi connectivity index (χ4v) is 8.79. The summed E-state index contributed by atoms with van der Waals surface area (Å²) in [7, 11) is 6.36. The van der Waals surface area contributed by atoms with Crippen molar-refractivity contribution in [2.45, 2.75) is 130 Å². The van der Waals surface area contributed by atoms with Crippen molar-refractivity contribution in [2.75, 3.05) is 63.5 Å². The van der Waals surface area contributed by atoms with Gasteiger partial charge in [0, 0.05) is 23.6 Å². The van der Waals surface area contributed by atoms with E-state index in [0.717, 1.165) is 49.0 Å². The molecule has 68 heavy (non-hydrogen) atoms. The first-order valence-electron chi connectivity index (χ1n) is 24.0. The molecule has 4 amide bonds. The Kier molecular flexibility index (Phi) is 23.2. The number of alkyl carbamates (subject to hydrolysis) is 1. The van der Waals surface area contributed by atoms with Crippen LogP contribution in [0.25, 0.3) is 0 Å². The maximum absolute atomic E-state index is 13.3. The smallest absolute Gasteiger partial charge is 0.407 e. The second kappa shape index (κ2) is 27.9. The molecule has 15 nitrogen and oxygen atoms in total. The molecule has 6 rings (SSSR count). The topological polar surface area (TPSA) is 179 Å². The van der Waals surface area contributed by atoms with Gasteiger partial charge in [0.25, 0.3) is 6.47 Å². The highest BCUT2D eigenvalue weighted by atomic mass is 16.5. The molecule has 3 aromatic carbocycles. The normalized spacial score (nSPS) is 20.3. The van der Waals surface area contributed by atoms with Crippen molar-refractivity contribution in [3.8, 4) is 0 Å². The second-order valence-electron chi connectivity index (χ2n) is 19.1. The highest BCUT2D eigenvalue weighted by Gasteiger charge is 2.38. The van der Waals surface area contributed by atoms with E-state index in [1.54, 1.807) is 7.05 Å². The van der Waals surface area contributed by atoms with Gasteiger partial charge in [0.2, 0.25) is 17.7 Å². The van der Waals surface area contributed by atoms with Crippen LogP contribution in [-0.2, 0) is 38.9 Å². The summed E-state index contributed by atoms with van der Waals surface area (Å²) >= 11 is 0. The van der Waals surface area contributed by atoms with Gasteiger partial charge >= 0.3 is 6.09 Å². The fourth-order valence-electron chi connectivity index (χ4n) is 8.79. The quantitative estimate of drug-likeness (QED) is 0.121.